The van der Waals surface area contributed by atoms with Crippen LogP contribution in [0.4, 0.5) is 23.2 Å². The smallest absolute Gasteiger partial charge is 0.421 e. The van der Waals surface area contributed by atoms with E-state index >= 15 is 4.39 Å². The SMILES string of the molecule is COCC(COC)N(C(=O)C1CCC(C)CC1)c1cc(F)c(Oc2ncc(CC(=O)N=O)cc2C(F)(F)F)cc1C(=O)OC. The third kappa shape index (κ3) is 8.34. The highest BCUT2D eigenvalue weighted by molar-refractivity contribution is 6.04. The third-order valence-electron chi connectivity index (χ3n) is 7.28. The van der Waals surface area contributed by atoms with Crippen LogP contribution in [0.1, 0.15) is 54.1 Å². The van der Waals surface area contributed by atoms with Crippen molar-refractivity contribution in [2.75, 3.05) is 39.4 Å². The molecule has 0 aliphatic heterocycles. The van der Waals surface area contributed by atoms with E-state index in [2.05, 4.69) is 17.1 Å². The van der Waals surface area contributed by atoms with Crippen LogP contribution < -0.4 is 9.64 Å². The zero-order valence-corrected chi connectivity index (χ0v) is 24.6. The number of amides is 2. The van der Waals surface area contributed by atoms with Crippen LogP contribution in [0.5, 0.6) is 11.6 Å². The van der Waals surface area contributed by atoms with Crippen LogP contribution >= 0.6 is 0 Å². The molecule has 44 heavy (non-hydrogen) atoms. The number of rotatable bonds is 12. The van der Waals surface area contributed by atoms with Crippen LogP contribution in [0.2, 0.25) is 0 Å². The van der Waals surface area contributed by atoms with E-state index in [4.69, 9.17) is 18.9 Å². The van der Waals surface area contributed by atoms with E-state index in [0.717, 1.165) is 38.3 Å². The molecule has 0 unspecified atom stereocenters. The van der Waals surface area contributed by atoms with E-state index in [9.17, 15) is 32.5 Å². The van der Waals surface area contributed by atoms with Crippen molar-refractivity contribution in [3.05, 3.63) is 51.8 Å². The molecule has 2 aromatic rings. The molecule has 0 bridgehead atoms. The highest BCUT2D eigenvalue weighted by Gasteiger charge is 2.38. The lowest BCUT2D eigenvalue weighted by Crippen LogP contribution is -2.49. The molecule has 15 heteroatoms. The molecule has 1 fully saturated rings. The van der Waals surface area contributed by atoms with Crippen molar-refractivity contribution in [3.8, 4) is 11.6 Å². The van der Waals surface area contributed by atoms with Crippen LogP contribution in [-0.4, -0.2) is 63.4 Å². The van der Waals surface area contributed by atoms with Crippen LogP contribution in [0.3, 0.4) is 0 Å². The Labute approximate surface area is 250 Å². The lowest BCUT2D eigenvalue weighted by atomic mass is 9.82. The fourth-order valence-electron chi connectivity index (χ4n) is 5.06. The molecule has 2 amide bonds. The van der Waals surface area contributed by atoms with E-state index in [1.54, 1.807) is 0 Å². The number of hydrogen-bond donors (Lipinski definition) is 0. The minimum Gasteiger partial charge on any atom is -0.465 e. The van der Waals surface area contributed by atoms with Crippen LogP contribution in [0.25, 0.3) is 0 Å². The maximum absolute atomic E-state index is 15.7. The second-order valence-corrected chi connectivity index (χ2v) is 10.5. The molecule has 1 saturated carbocycles. The Balaban J connectivity index is 2.14. The first kappa shape index (κ1) is 34.5. The summed E-state index contributed by atoms with van der Waals surface area (Å²) in [7, 11) is 3.84. The highest BCUT2D eigenvalue weighted by atomic mass is 19.4. The standard InChI is InChI=1S/C29H33F4N3O8/c1-16-5-7-18(8-6-16)27(38)36(19(14-41-2)15-42-3)23-12-22(30)24(11-20(23)28(39)43-4)44-26-21(29(31,32)33)9-17(13-34-26)10-25(37)35-40/h9,11-13,16,18-19H,5-8,10,14-15H2,1-4H3. The van der Waals surface area contributed by atoms with Crippen molar-refractivity contribution in [2.24, 2.45) is 17.0 Å². The topological polar surface area (TPSA) is 134 Å². The molecule has 1 aliphatic rings. The van der Waals surface area contributed by atoms with Crippen LogP contribution in [0, 0.1) is 22.6 Å². The first-order valence-electron chi connectivity index (χ1n) is 13.7. The van der Waals surface area contributed by atoms with Gasteiger partial charge in [0.05, 0.1) is 44.0 Å². The van der Waals surface area contributed by atoms with E-state index in [0.29, 0.717) is 24.8 Å². The van der Waals surface area contributed by atoms with Crippen molar-refractivity contribution < 1.29 is 50.9 Å². The van der Waals surface area contributed by atoms with Gasteiger partial charge in [-0.15, -0.1) is 4.91 Å². The van der Waals surface area contributed by atoms with Crippen molar-refractivity contribution >= 4 is 23.5 Å². The molecular weight excluding hydrogens is 594 g/mol. The van der Waals surface area contributed by atoms with Crippen molar-refractivity contribution in [1.82, 2.24) is 4.98 Å². The third-order valence-corrected chi connectivity index (χ3v) is 7.28. The summed E-state index contributed by atoms with van der Waals surface area (Å²) in [5.41, 5.74) is -2.33. The molecule has 0 N–H and O–H groups in total. The number of benzene rings is 1. The normalized spacial score (nSPS) is 16.8. The number of nitroso groups, excluding NO2 is 1. The zero-order chi connectivity index (χ0) is 32.6. The van der Waals surface area contributed by atoms with Crippen LogP contribution in [-0.2, 0) is 36.4 Å². The highest BCUT2D eigenvalue weighted by Crippen LogP contribution is 2.40. The van der Waals surface area contributed by atoms with Crippen molar-refractivity contribution in [1.29, 1.82) is 0 Å². The Kier molecular flexibility index (Phi) is 11.9. The number of hydrogen-bond acceptors (Lipinski definition) is 9. The van der Waals surface area contributed by atoms with Crippen molar-refractivity contribution in [2.45, 2.75) is 51.2 Å². The summed E-state index contributed by atoms with van der Waals surface area (Å²) in [6.45, 7) is 1.99. The molecule has 0 spiro atoms. The molecule has 1 aromatic carbocycles. The Hall–Kier alpha value is -3.98. The maximum Gasteiger partial charge on any atom is 0.421 e. The van der Waals surface area contributed by atoms with Gasteiger partial charge in [0.2, 0.25) is 11.8 Å². The Bertz CT molecular complexity index is 1360. The van der Waals surface area contributed by atoms with Gasteiger partial charge in [-0.05, 0) is 43.2 Å². The van der Waals surface area contributed by atoms with E-state index in [1.807, 2.05) is 0 Å². The summed E-state index contributed by atoms with van der Waals surface area (Å²) >= 11 is 0. The summed E-state index contributed by atoms with van der Waals surface area (Å²) in [6, 6.07) is 1.34. The maximum atomic E-state index is 15.7. The van der Waals surface area contributed by atoms with E-state index in [1.165, 1.54) is 19.1 Å². The van der Waals surface area contributed by atoms with Gasteiger partial charge >= 0.3 is 12.1 Å². The summed E-state index contributed by atoms with van der Waals surface area (Å²) < 4.78 is 78.0. The van der Waals surface area contributed by atoms with Gasteiger partial charge < -0.3 is 23.8 Å². The molecule has 0 radical (unpaired) electrons. The van der Waals surface area contributed by atoms with Gasteiger partial charge in [-0.2, -0.15) is 13.2 Å². The summed E-state index contributed by atoms with van der Waals surface area (Å²) in [4.78, 5) is 53.4. The van der Waals surface area contributed by atoms with E-state index in [-0.39, 0.29) is 30.0 Å². The number of anilines is 1. The summed E-state index contributed by atoms with van der Waals surface area (Å²) in [5, 5.41) is 2.15. The average Bonchev–Trinajstić information content (AvgIpc) is 2.98. The number of nitrogens with zero attached hydrogens (tertiary/aromatic N) is 3. The van der Waals surface area contributed by atoms with Gasteiger partial charge in [0, 0.05) is 43.6 Å². The number of pyridine rings is 1. The minimum atomic E-state index is -5.06. The molecule has 0 atom stereocenters. The molecule has 11 nitrogen and oxygen atoms in total. The quantitative estimate of drug-likeness (QED) is 0.171. The fraction of sp³-hybridized carbons (Fsp3) is 0.517. The van der Waals surface area contributed by atoms with E-state index < -0.39 is 65.4 Å². The monoisotopic (exact) mass is 627 g/mol. The van der Waals surface area contributed by atoms with Gasteiger partial charge in [-0.1, -0.05) is 6.92 Å². The second kappa shape index (κ2) is 15.1. The number of carbonyl (C=O) groups excluding carboxylic acids is 3. The number of halogens is 4. The number of alkyl halides is 3. The fourth-order valence-corrected chi connectivity index (χ4v) is 5.06. The van der Waals surface area contributed by atoms with Gasteiger partial charge in [-0.3, -0.25) is 9.59 Å². The molecule has 240 valence electrons. The zero-order valence-electron chi connectivity index (χ0n) is 24.6. The number of aromatic nitrogens is 1. The molecule has 1 aliphatic carbocycles. The number of ether oxygens (including phenoxy) is 4. The first-order chi connectivity index (χ1) is 20.8. The second-order valence-electron chi connectivity index (χ2n) is 10.5. The average molecular weight is 628 g/mol. The molecule has 1 aromatic heterocycles. The van der Waals surface area contributed by atoms with Crippen LogP contribution in [0.15, 0.2) is 29.6 Å². The first-order valence-corrected chi connectivity index (χ1v) is 13.7. The van der Waals surface area contributed by atoms with Gasteiger partial charge in [0.25, 0.3) is 5.91 Å². The Morgan fingerprint density at radius 1 is 1.05 bits per heavy atom. The molecule has 1 heterocycles. The largest absolute Gasteiger partial charge is 0.465 e. The number of carbonyl (C=O) groups is 3. The van der Waals surface area contributed by atoms with Gasteiger partial charge in [0.15, 0.2) is 11.6 Å². The predicted octanol–water partition coefficient (Wildman–Crippen LogP) is 5.47. The predicted molar refractivity (Wildman–Crippen MR) is 148 cm³/mol. The van der Waals surface area contributed by atoms with Gasteiger partial charge in [0.1, 0.15) is 5.56 Å². The Morgan fingerprint density at radius 3 is 2.23 bits per heavy atom. The van der Waals surface area contributed by atoms with Crippen molar-refractivity contribution in [3.63, 3.8) is 0 Å². The Morgan fingerprint density at radius 2 is 1.68 bits per heavy atom. The summed E-state index contributed by atoms with van der Waals surface area (Å²) in [5.74, 6) is -5.78. The number of esters is 1. The van der Waals surface area contributed by atoms with Gasteiger partial charge in [-0.25, -0.2) is 14.2 Å². The lowest BCUT2D eigenvalue weighted by Gasteiger charge is -2.36. The molecule has 3 rings (SSSR count). The number of methoxy groups -OCH3 is 3. The minimum absolute atomic E-state index is 0.0451. The lowest BCUT2D eigenvalue weighted by molar-refractivity contribution is -0.139. The summed E-state index contributed by atoms with van der Waals surface area (Å²) in [6.07, 6.45) is -2.25. The molecular formula is C29H33F4N3O8. The molecule has 0 saturated heterocycles.